The molecule has 3 aromatic rings. The molecule has 0 spiro atoms. The molecule has 2 aromatic heterocycles. The number of halogens is 1. The summed E-state index contributed by atoms with van der Waals surface area (Å²) < 4.78 is 43.0. The van der Waals surface area contributed by atoms with E-state index in [2.05, 4.69) is 14.7 Å². The summed E-state index contributed by atoms with van der Waals surface area (Å²) in [4.78, 5) is 13.6. The fourth-order valence-corrected chi connectivity index (χ4v) is 5.90. The van der Waals surface area contributed by atoms with Gasteiger partial charge in [-0.05, 0) is 31.0 Å². The number of nitrogen functional groups attached to an aromatic ring is 1. The molecule has 1 aliphatic carbocycles. The maximum atomic E-state index is 15.5. The summed E-state index contributed by atoms with van der Waals surface area (Å²) in [5.41, 5.74) is 6.55. The molecular weight excluding hydrogens is 437 g/mol. The zero-order chi connectivity index (χ0) is 22.4. The maximum Gasteiger partial charge on any atom is 0.235 e. The molecule has 1 aromatic carbocycles. The zero-order valence-electron chi connectivity index (χ0n) is 17.5. The van der Waals surface area contributed by atoms with Crippen LogP contribution in [0.5, 0.6) is 0 Å². The Morgan fingerprint density at radius 1 is 1.19 bits per heavy atom. The number of thiazole rings is 1. The second kappa shape index (κ2) is 7.83. The molecule has 0 amide bonds. The fraction of sp³-hybridized carbons (Fsp3) is 0.381. The third-order valence-corrected chi connectivity index (χ3v) is 8.53. The Balaban J connectivity index is 1.83. The van der Waals surface area contributed by atoms with Crippen LogP contribution in [0.3, 0.4) is 0 Å². The summed E-state index contributed by atoms with van der Waals surface area (Å²) in [5, 5.41) is 0.330. The molecule has 0 saturated heterocycles. The van der Waals surface area contributed by atoms with Crippen molar-refractivity contribution in [3.63, 3.8) is 0 Å². The predicted octanol–water partition coefficient (Wildman–Crippen LogP) is 4.58. The summed E-state index contributed by atoms with van der Waals surface area (Å²) in [6.07, 6.45) is 3.60. The molecule has 10 heteroatoms. The van der Waals surface area contributed by atoms with E-state index in [1.807, 2.05) is 20.8 Å². The maximum absolute atomic E-state index is 15.5. The van der Waals surface area contributed by atoms with Crippen molar-refractivity contribution in [3.8, 4) is 21.8 Å². The van der Waals surface area contributed by atoms with Crippen LogP contribution < -0.4 is 10.5 Å². The van der Waals surface area contributed by atoms with Crippen LogP contribution in [0, 0.1) is 5.82 Å². The van der Waals surface area contributed by atoms with Crippen molar-refractivity contribution in [2.75, 3.05) is 10.5 Å². The van der Waals surface area contributed by atoms with Gasteiger partial charge in [0.05, 0.1) is 32.2 Å². The van der Waals surface area contributed by atoms with Gasteiger partial charge >= 0.3 is 0 Å². The van der Waals surface area contributed by atoms with Crippen LogP contribution in [0.15, 0.2) is 30.5 Å². The number of benzene rings is 1. The van der Waals surface area contributed by atoms with Gasteiger partial charge in [-0.2, -0.15) is 0 Å². The number of rotatable bonds is 5. The van der Waals surface area contributed by atoms with Crippen LogP contribution >= 0.6 is 11.3 Å². The molecule has 0 bridgehead atoms. The van der Waals surface area contributed by atoms with Crippen molar-refractivity contribution in [2.45, 2.75) is 50.7 Å². The fourth-order valence-electron chi connectivity index (χ4n) is 3.21. The van der Waals surface area contributed by atoms with Crippen molar-refractivity contribution >= 4 is 33.0 Å². The van der Waals surface area contributed by atoms with Gasteiger partial charge in [-0.3, -0.25) is 4.72 Å². The van der Waals surface area contributed by atoms with Crippen LogP contribution in [-0.2, 0) is 15.4 Å². The van der Waals surface area contributed by atoms with Gasteiger partial charge in [0.15, 0.2) is 5.82 Å². The molecule has 1 fully saturated rings. The van der Waals surface area contributed by atoms with Crippen molar-refractivity contribution in [1.29, 1.82) is 0 Å². The lowest BCUT2D eigenvalue weighted by atomic mass is 9.98. The molecule has 1 saturated carbocycles. The normalized spacial score (nSPS) is 15.0. The Labute approximate surface area is 185 Å². The molecule has 164 valence electrons. The average Bonchev–Trinajstić information content (AvgIpc) is 3.07. The molecule has 0 radical (unpaired) electrons. The second-order valence-corrected chi connectivity index (χ2v) is 11.6. The lowest BCUT2D eigenvalue weighted by Crippen LogP contribution is -2.33. The minimum Gasteiger partial charge on any atom is -0.368 e. The van der Waals surface area contributed by atoms with Crippen LogP contribution in [0.2, 0.25) is 0 Å². The molecule has 0 aliphatic heterocycles. The van der Waals surface area contributed by atoms with Crippen LogP contribution in [0.25, 0.3) is 21.8 Å². The molecule has 2 heterocycles. The highest BCUT2D eigenvalue weighted by Gasteiger charge is 2.32. The number of hydrogen-bond acceptors (Lipinski definition) is 7. The van der Waals surface area contributed by atoms with Gasteiger partial charge in [0.1, 0.15) is 0 Å². The Morgan fingerprint density at radius 3 is 2.55 bits per heavy atom. The Morgan fingerprint density at radius 2 is 1.94 bits per heavy atom. The van der Waals surface area contributed by atoms with E-state index < -0.39 is 21.1 Å². The quantitative estimate of drug-likeness (QED) is 0.575. The van der Waals surface area contributed by atoms with Crippen molar-refractivity contribution in [2.24, 2.45) is 0 Å². The van der Waals surface area contributed by atoms with Gasteiger partial charge < -0.3 is 5.73 Å². The summed E-state index contributed by atoms with van der Waals surface area (Å²) >= 11 is 1.41. The first-order chi connectivity index (χ1) is 14.6. The molecule has 1 aliphatic rings. The average molecular weight is 462 g/mol. The highest BCUT2D eigenvalue weighted by atomic mass is 32.2. The van der Waals surface area contributed by atoms with E-state index in [9.17, 15) is 8.42 Å². The van der Waals surface area contributed by atoms with Crippen LogP contribution in [-0.4, -0.2) is 28.6 Å². The van der Waals surface area contributed by atoms with E-state index in [1.165, 1.54) is 23.6 Å². The smallest absolute Gasteiger partial charge is 0.235 e. The molecule has 4 rings (SSSR count). The lowest BCUT2D eigenvalue weighted by molar-refractivity contribution is 0.479. The largest absolute Gasteiger partial charge is 0.368 e. The standard InChI is InChI=1S/C21H24FN5O2S2/c1-21(2,3)19-26-17(18(30-19)15-10-11-24-20(23)25-15)13-8-5-9-14(16(13)22)27-31(28,29)12-6-4-7-12/h5,8-12,27H,4,6-7H2,1-3H3,(H2,23,24,25). The van der Waals surface area contributed by atoms with Gasteiger partial charge in [0.25, 0.3) is 0 Å². The first-order valence-electron chi connectivity index (χ1n) is 9.97. The number of nitrogens with zero attached hydrogens (tertiary/aromatic N) is 3. The number of nitrogens with two attached hydrogens (primary N) is 1. The molecule has 31 heavy (non-hydrogen) atoms. The topological polar surface area (TPSA) is 111 Å². The number of anilines is 2. The Bertz CT molecular complexity index is 1230. The summed E-state index contributed by atoms with van der Waals surface area (Å²) in [6, 6.07) is 6.33. The van der Waals surface area contributed by atoms with Gasteiger partial charge in [-0.15, -0.1) is 11.3 Å². The van der Waals surface area contributed by atoms with Crippen LogP contribution in [0.1, 0.15) is 45.0 Å². The first kappa shape index (κ1) is 21.6. The van der Waals surface area contributed by atoms with E-state index in [4.69, 9.17) is 10.7 Å². The Kier molecular flexibility index (Phi) is 5.47. The van der Waals surface area contributed by atoms with Crippen LogP contribution in [0.4, 0.5) is 16.0 Å². The van der Waals surface area contributed by atoms with Gasteiger partial charge in [-0.25, -0.2) is 27.8 Å². The monoisotopic (exact) mass is 461 g/mol. The molecule has 0 unspecified atom stereocenters. The number of hydrogen-bond donors (Lipinski definition) is 2. The lowest BCUT2D eigenvalue weighted by Gasteiger charge is -2.25. The third-order valence-electron chi connectivity index (χ3n) is 5.17. The Hall–Kier alpha value is -2.59. The van der Waals surface area contributed by atoms with Crippen molar-refractivity contribution < 1.29 is 12.8 Å². The second-order valence-electron chi connectivity index (χ2n) is 8.61. The van der Waals surface area contributed by atoms with Gasteiger partial charge in [-0.1, -0.05) is 33.3 Å². The zero-order valence-corrected chi connectivity index (χ0v) is 19.1. The van der Waals surface area contributed by atoms with E-state index in [-0.39, 0.29) is 22.6 Å². The number of aromatic nitrogens is 3. The van der Waals surface area contributed by atoms with E-state index in [0.717, 1.165) is 11.4 Å². The number of nitrogens with one attached hydrogen (secondary N) is 1. The molecule has 0 atom stereocenters. The first-order valence-corrected chi connectivity index (χ1v) is 12.3. The highest BCUT2D eigenvalue weighted by Crippen LogP contribution is 2.42. The van der Waals surface area contributed by atoms with Gasteiger partial charge in [0, 0.05) is 17.2 Å². The highest BCUT2D eigenvalue weighted by molar-refractivity contribution is 7.93. The van der Waals surface area contributed by atoms with E-state index >= 15 is 4.39 Å². The van der Waals surface area contributed by atoms with E-state index in [1.54, 1.807) is 18.2 Å². The molecule has 3 N–H and O–H groups in total. The van der Waals surface area contributed by atoms with Gasteiger partial charge in [0.2, 0.25) is 16.0 Å². The minimum atomic E-state index is -3.63. The predicted molar refractivity (Wildman–Crippen MR) is 122 cm³/mol. The SMILES string of the molecule is CC(C)(C)c1nc(-c2cccc(NS(=O)(=O)C3CCC3)c2F)c(-c2ccnc(N)n2)s1. The van der Waals surface area contributed by atoms with Crippen molar-refractivity contribution in [3.05, 3.63) is 41.3 Å². The number of sulfonamides is 1. The molecular formula is C21H24FN5O2S2. The van der Waals surface area contributed by atoms with Crippen molar-refractivity contribution in [1.82, 2.24) is 15.0 Å². The summed E-state index contributed by atoms with van der Waals surface area (Å²) in [6.45, 7) is 6.06. The summed E-state index contributed by atoms with van der Waals surface area (Å²) in [5.74, 6) is -0.559. The summed E-state index contributed by atoms with van der Waals surface area (Å²) in [7, 11) is -3.63. The third kappa shape index (κ3) is 4.27. The van der Waals surface area contributed by atoms with E-state index in [0.29, 0.717) is 29.1 Å². The minimum absolute atomic E-state index is 0.0807. The molecule has 7 nitrogen and oxygen atoms in total.